The van der Waals surface area contributed by atoms with Crippen molar-refractivity contribution in [3.8, 4) is 0 Å². The first-order valence-electron chi connectivity index (χ1n) is 11.5. The molecule has 0 radical (unpaired) electrons. The van der Waals surface area contributed by atoms with Gasteiger partial charge in [-0.3, -0.25) is 4.79 Å². The first-order valence-corrected chi connectivity index (χ1v) is 13.1. The average molecular weight is 457 g/mol. The number of Topliss-reactive ketones (excluding diaryl/α,β-unsaturated/α-hetero) is 1. The Hall–Kier alpha value is -2.06. The molecule has 0 bridgehead atoms. The van der Waals surface area contributed by atoms with Gasteiger partial charge in [-0.15, -0.1) is 0 Å². The molecule has 1 saturated carbocycles. The number of aliphatic hydroxyl groups is 1. The number of hydrogen-bond donors (Lipinski definition) is 2. The molecule has 0 spiro atoms. The summed E-state index contributed by atoms with van der Waals surface area (Å²) in [7, 11) is -3.29. The highest BCUT2D eigenvalue weighted by atomic mass is 32.2. The summed E-state index contributed by atoms with van der Waals surface area (Å²) >= 11 is 0. The van der Waals surface area contributed by atoms with E-state index in [4.69, 9.17) is 5.11 Å². The predicted molar refractivity (Wildman–Crippen MR) is 125 cm³/mol. The quantitative estimate of drug-likeness (QED) is 0.537. The lowest BCUT2D eigenvalue weighted by Crippen LogP contribution is -2.42. The Balaban J connectivity index is 1.18. The first kappa shape index (κ1) is 23.1. The van der Waals surface area contributed by atoms with Crippen LogP contribution in [0.1, 0.15) is 46.7 Å². The van der Waals surface area contributed by atoms with Gasteiger partial charge in [0.15, 0.2) is 5.78 Å². The van der Waals surface area contributed by atoms with E-state index >= 15 is 0 Å². The molecule has 2 aromatic rings. The van der Waals surface area contributed by atoms with Gasteiger partial charge >= 0.3 is 0 Å². The Morgan fingerprint density at radius 2 is 1.72 bits per heavy atom. The molecule has 0 amide bonds. The minimum absolute atomic E-state index is 0.0735. The van der Waals surface area contributed by atoms with Gasteiger partial charge in [-0.2, -0.15) is 0 Å². The van der Waals surface area contributed by atoms with Crippen molar-refractivity contribution in [3.05, 3.63) is 71.3 Å². The van der Waals surface area contributed by atoms with Crippen LogP contribution < -0.4 is 5.32 Å². The highest BCUT2D eigenvalue weighted by Gasteiger charge is 2.38. The molecule has 1 aliphatic heterocycles. The van der Waals surface area contributed by atoms with Crippen LogP contribution >= 0.6 is 0 Å². The Morgan fingerprint density at radius 1 is 1.03 bits per heavy atom. The summed E-state index contributed by atoms with van der Waals surface area (Å²) in [4.78, 5) is 11.5. The second-order valence-corrected chi connectivity index (χ2v) is 11.0. The van der Waals surface area contributed by atoms with Crippen LogP contribution in [0.5, 0.6) is 0 Å². The first-order chi connectivity index (χ1) is 15.5. The molecule has 2 atom stereocenters. The normalized spacial score (nSPS) is 22.0. The number of carbonyl (C=O) groups is 1. The van der Waals surface area contributed by atoms with Crippen molar-refractivity contribution >= 4 is 15.8 Å². The van der Waals surface area contributed by atoms with E-state index in [1.165, 1.54) is 12.0 Å². The van der Waals surface area contributed by atoms with Gasteiger partial charge in [0.05, 0.1) is 5.75 Å². The number of nitrogens with one attached hydrogen (secondary N) is 1. The van der Waals surface area contributed by atoms with Crippen LogP contribution in [0.2, 0.25) is 0 Å². The molecule has 7 heteroatoms. The summed E-state index contributed by atoms with van der Waals surface area (Å²) in [5.74, 6) is 0.880. The third-order valence-corrected chi connectivity index (χ3v) is 8.59. The van der Waals surface area contributed by atoms with Crippen molar-refractivity contribution in [2.45, 2.75) is 37.6 Å². The maximum Gasteiger partial charge on any atom is 0.214 e. The number of hydrogen-bond acceptors (Lipinski definition) is 5. The minimum atomic E-state index is -3.29. The summed E-state index contributed by atoms with van der Waals surface area (Å²) in [6.45, 7) is 1.62. The standard InChI is InChI=1S/C25H32N2O4S/c28-18-25(29)22-8-6-19(7-9-22)12-15-32(30,31)27-13-10-20(11-14-27)17-26-24-16-23(24)21-4-2-1-3-5-21/h1-9,20,23-24,26,28H,10-18H2. The van der Waals surface area contributed by atoms with Crippen molar-refractivity contribution in [2.75, 3.05) is 32.0 Å². The average Bonchev–Trinajstić information content (AvgIpc) is 3.62. The fourth-order valence-corrected chi connectivity index (χ4v) is 6.04. The summed E-state index contributed by atoms with van der Waals surface area (Å²) in [6, 6.07) is 18.0. The smallest absolute Gasteiger partial charge is 0.214 e. The molecule has 172 valence electrons. The maximum absolute atomic E-state index is 12.8. The van der Waals surface area contributed by atoms with Gasteiger partial charge in [0, 0.05) is 30.6 Å². The van der Waals surface area contributed by atoms with Gasteiger partial charge in [0.1, 0.15) is 6.61 Å². The van der Waals surface area contributed by atoms with Crippen molar-refractivity contribution in [2.24, 2.45) is 5.92 Å². The van der Waals surface area contributed by atoms with Gasteiger partial charge < -0.3 is 10.4 Å². The van der Waals surface area contributed by atoms with E-state index in [9.17, 15) is 13.2 Å². The Labute approximate surface area is 190 Å². The number of ketones is 1. The summed E-state index contributed by atoms with van der Waals surface area (Å²) in [6.07, 6.45) is 3.40. The van der Waals surface area contributed by atoms with E-state index in [0.717, 1.165) is 24.9 Å². The van der Waals surface area contributed by atoms with Crippen LogP contribution in [0.4, 0.5) is 0 Å². The topological polar surface area (TPSA) is 86.7 Å². The third kappa shape index (κ3) is 5.84. The molecule has 2 N–H and O–H groups in total. The molecule has 2 aliphatic rings. The lowest BCUT2D eigenvalue weighted by atomic mass is 9.98. The molecule has 1 aliphatic carbocycles. The fourth-order valence-electron chi connectivity index (χ4n) is 4.52. The minimum Gasteiger partial charge on any atom is -0.388 e. The van der Waals surface area contributed by atoms with E-state index in [0.29, 0.717) is 43.0 Å². The van der Waals surface area contributed by atoms with Crippen molar-refractivity contribution in [1.82, 2.24) is 9.62 Å². The number of aryl methyl sites for hydroxylation is 1. The van der Waals surface area contributed by atoms with Crippen LogP contribution in [0.25, 0.3) is 0 Å². The molecular formula is C25H32N2O4S. The van der Waals surface area contributed by atoms with E-state index in [1.807, 2.05) is 6.07 Å². The number of benzene rings is 2. The molecule has 1 saturated heterocycles. The summed E-state index contributed by atoms with van der Waals surface area (Å²) in [5.41, 5.74) is 2.72. The van der Waals surface area contributed by atoms with Crippen LogP contribution in [-0.4, -0.2) is 61.6 Å². The Morgan fingerprint density at radius 3 is 2.38 bits per heavy atom. The van der Waals surface area contributed by atoms with E-state index in [1.54, 1.807) is 28.6 Å². The third-order valence-electron chi connectivity index (χ3n) is 6.72. The molecule has 1 heterocycles. The number of nitrogens with zero attached hydrogens (tertiary/aromatic N) is 1. The van der Waals surface area contributed by atoms with E-state index in [-0.39, 0.29) is 11.5 Å². The number of rotatable bonds is 10. The second kappa shape index (κ2) is 10.3. The Bertz CT molecular complexity index is 1000. The zero-order valence-electron chi connectivity index (χ0n) is 18.3. The van der Waals surface area contributed by atoms with Crippen LogP contribution in [0.3, 0.4) is 0 Å². The highest BCUT2D eigenvalue weighted by molar-refractivity contribution is 7.89. The molecule has 0 aromatic heterocycles. The van der Waals surface area contributed by atoms with Gasteiger partial charge in [-0.05, 0) is 49.3 Å². The monoisotopic (exact) mass is 456 g/mol. The zero-order valence-corrected chi connectivity index (χ0v) is 19.1. The number of sulfonamides is 1. The van der Waals surface area contributed by atoms with Crippen LogP contribution in [-0.2, 0) is 16.4 Å². The van der Waals surface area contributed by atoms with Crippen molar-refractivity contribution in [1.29, 1.82) is 0 Å². The predicted octanol–water partition coefficient (Wildman–Crippen LogP) is 2.59. The Kier molecular flexibility index (Phi) is 7.40. The zero-order chi connectivity index (χ0) is 22.6. The second-order valence-electron chi connectivity index (χ2n) is 8.95. The highest BCUT2D eigenvalue weighted by Crippen LogP contribution is 2.40. The largest absolute Gasteiger partial charge is 0.388 e. The SMILES string of the molecule is O=C(CO)c1ccc(CCS(=O)(=O)N2CCC(CNC3CC3c3ccccc3)CC2)cc1. The fraction of sp³-hybridized carbons (Fsp3) is 0.480. The van der Waals surface area contributed by atoms with E-state index in [2.05, 4.69) is 29.6 Å². The molecule has 4 rings (SSSR count). The van der Waals surface area contributed by atoms with Crippen molar-refractivity contribution in [3.63, 3.8) is 0 Å². The summed E-state index contributed by atoms with van der Waals surface area (Å²) < 4.78 is 27.2. The van der Waals surface area contributed by atoms with Gasteiger partial charge in [0.2, 0.25) is 10.0 Å². The van der Waals surface area contributed by atoms with Crippen molar-refractivity contribution < 1.29 is 18.3 Å². The molecule has 2 fully saturated rings. The molecular weight excluding hydrogens is 424 g/mol. The number of piperidine rings is 1. The molecule has 2 aromatic carbocycles. The van der Waals surface area contributed by atoms with Gasteiger partial charge in [-0.25, -0.2) is 12.7 Å². The number of aliphatic hydroxyl groups excluding tert-OH is 1. The van der Waals surface area contributed by atoms with Gasteiger partial charge in [-0.1, -0.05) is 54.6 Å². The van der Waals surface area contributed by atoms with Crippen LogP contribution in [0, 0.1) is 5.92 Å². The lowest BCUT2D eigenvalue weighted by molar-refractivity contribution is 0.0903. The van der Waals surface area contributed by atoms with Crippen LogP contribution in [0.15, 0.2) is 54.6 Å². The lowest BCUT2D eigenvalue weighted by Gasteiger charge is -2.31. The van der Waals surface area contributed by atoms with E-state index < -0.39 is 16.6 Å². The van der Waals surface area contributed by atoms with Gasteiger partial charge in [0.25, 0.3) is 0 Å². The molecule has 2 unspecified atom stereocenters. The molecule has 6 nitrogen and oxygen atoms in total. The molecule has 32 heavy (non-hydrogen) atoms. The number of carbonyl (C=O) groups excluding carboxylic acids is 1. The maximum atomic E-state index is 12.8. The summed E-state index contributed by atoms with van der Waals surface area (Å²) in [5, 5.41) is 12.6.